The first-order valence-electron chi connectivity index (χ1n) is 7.87. The Kier molecular flexibility index (Phi) is 5.18. The van der Waals surface area contributed by atoms with Crippen LogP contribution >= 0.6 is 11.6 Å². The zero-order valence-electron chi connectivity index (χ0n) is 13.5. The quantitative estimate of drug-likeness (QED) is 0.808. The summed E-state index contributed by atoms with van der Waals surface area (Å²) in [5.74, 6) is -2.89. The van der Waals surface area contributed by atoms with E-state index in [1.165, 1.54) is 23.1 Å². The van der Waals surface area contributed by atoms with E-state index < -0.39 is 23.5 Å². The molecule has 1 saturated heterocycles. The number of nitrogens with zero attached hydrogens (tertiary/aromatic N) is 1. The predicted molar refractivity (Wildman–Crippen MR) is 93.9 cm³/mol. The average Bonchev–Trinajstić information content (AvgIpc) is 3.02. The third kappa shape index (κ3) is 3.67. The summed E-state index contributed by atoms with van der Waals surface area (Å²) >= 11 is 6.10. The lowest BCUT2D eigenvalue weighted by Crippen LogP contribution is -2.45. The zero-order chi connectivity index (χ0) is 18.7. The number of hydrazine groups is 1. The Morgan fingerprint density at radius 2 is 1.77 bits per heavy atom. The van der Waals surface area contributed by atoms with Gasteiger partial charge in [0.05, 0.1) is 22.2 Å². The molecule has 1 aliphatic heterocycles. The Morgan fingerprint density at radius 1 is 1.08 bits per heavy atom. The molecule has 1 heterocycles. The maximum absolute atomic E-state index is 13.6. The molecule has 1 fully saturated rings. The Hall–Kier alpha value is -2.93. The SMILES string of the molecule is O=C(NNC(=O)C1CC(=O)N(c2ccccc2Cl)C1)c1ccccc1F. The summed E-state index contributed by atoms with van der Waals surface area (Å²) in [5, 5.41) is 0.412. The normalized spacial score (nSPS) is 16.5. The summed E-state index contributed by atoms with van der Waals surface area (Å²) < 4.78 is 13.6. The average molecular weight is 376 g/mol. The Labute approximate surface area is 153 Å². The molecule has 3 rings (SSSR count). The summed E-state index contributed by atoms with van der Waals surface area (Å²) in [6.07, 6.45) is -0.00732. The lowest BCUT2D eigenvalue weighted by atomic mass is 10.1. The van der Waals surface area contributed by atoms with Gasteiger partial charge in [-0.1, -0.05) is 35.9 Å². The van der Waals surface area contributed by atoms with Crippen LogP contribution in [0.15, 0.2) is 48.5 Å². The maximum atomic E-state index is 13.6. The van der Waals surface area contributed by atoms with E-state index in [2.05, 4.69) is 10.9 Å². The summed E-state index contributed by atoms with van der Waals surface area (Å²) in [6.45, 7) is 0.143. The van der Waals surface area contributed by atoms with E-state index in [9.17, 15) is 18.8 Å². The molecular weight excluding hydrogens is 361 g/mol. The van der Waals surface area contributed by atoms with Gasteiger partial charge in [-0.3, -0.25) is 25.2 Å². The fourth-order valence-corrected chi connectivity index (χ4v) is 2.96. The summed E-state index contributed by atoms with van der Waals surface area (Å²) in [4.78, 5) is 37.8. The molecule has 1 unspecified atom stereocenters. The number of hydrogen-bond acceptors (Lipinski definition) is 3. The van der Waals surface area contributed by atoms with Crippen molar-refractivity contribution >= 4 is 35.0 Å². The molecule has 0 aliphatic carbocycles. The van der Waals surface area contributed by atoms with Crippen molar-refractivity contribution in [1.29, 1.82) is 0 Å². The van der Waals surface area contributed by atoms with Crippen LogP contribution in [-0.4, -0.2) is 24.3 Å². The second-order valence-electron chi connectivity index (χ2n) is 5.78. The van der Waals surface area contributed by atoms with Crippen LogP contribution in [-0.2, 0) is 9.59 Å². The highest BCUT2D eigenvalue weighted by Gasteiger charge is 2.36. The van der Waals surface area contributed by atoms with Gasteiger partial charge in [-0.15, -0.1) is 0 Å². The number of nitrogens with one attached hydrogen (secondary N) is 2. The van der Waals surface area contributed by atoms with E-state index in [4.69, 9.17) is 11.6 Å². The fraction of sp³-hybridized carbons (Fsp3) is 0.167. The Balaban J connectivity index is 1.61. The molecule has 134 valence electrons. The molecule has 0 saturated carbocycles. The van der Waals surface area contributed by atoms with Gasteiger partial charge in [-0.25, -0.2) is 4.39 Å². The third-order valence-electron chi connectivity index (χ3n) is 4.06. The highest BCUT2D eigenvalue weighted by molar-refractivity contribution is 6.33. The minimum absolute atomic E-state index is 0.00732. The second kappa shape index (κ2) is 7.53. The van der Waals surface area contributed by atoms with Crippen LogP contribution in [0, 0.1) is 11.7 Å². The molecule has 1 atom stereocenters. The largest absolute Gasteiger partial charge is 0.310 e. The van der Waals surface area contributed by atoms with Crippen LogP contribution in [0.25, 0.3) is 0 Å². The molecule has 0 aromatic heterocycles. The van der Waals surface area contributed by atoms with E-state index in [-0.39, 0.29) is 24.4 Å². The van der Waals surface area contributed by atoms with Crippen molar-refractivity contribution < 1.29 is 18.8 Å². The number of rotatable bonds is 3. The molecule has 1 aliphatic rings. The molecule has 2 aromatic carbocycles. The maximum Gasteiger partial charge on any atom is 0.272 e. The number of halogens is 2. The number of amides is 3. The minimum Gasteiger partial charge on any atom is -0.310 e. The lowest BCUT2D eigenvalue weighted by Gasteiger charge is -2.18. The van der Waals surface area contributed by atoms with Crippen LogP contribution in [0.1, 0.15) is 16.8 Å². The molecule has 6 nitrogen and oxygen atoms in total. The number of hydrogen-bond donors (Lipinski definition) is 2. The number of benzene rings is 2. The van der Waals surface area contributed by atoms with E-state index in [1.54, 1.807) is 24.3 Å². The molecular formula is C18H15ClFN3O3. The van der Waals surface area contributed by atoms with Gasteiger partial charge in [0, 0.05) is 13.0 Å². The van der Waals surface area contributed by atoms with Crippen LogP contribution in [0.4, 0.5) is 10.1 Å². The van der Waals surface area contributed by atoms with Gasteiger partial charge < -0.3 is 4.90 Å². The Morgan fingerprint density at radius 3 is 2.50 bits per heavy atom. The smallest absolute Gasteiger partial charge is 0.272 e. The highest BCUT2D eigenvalue weighted by atomic mass is 35.5. The summed E-state index contributed by atoms with van der Waals surface area (Å²) in [7, 11) is 0. The highest BCUT2D eigenvalue weighted by Crippen LogP contribution is 2.30. The number of carbonyl (C=O) groups is 3. The molecule has 26 heavy (non-hydrogen) atoms. The van der Waals surface area contributed by atoms with Crippen LogP contribution in [0.3, 0.4) is 0 Å². The van der Waals surface area contributed by atoms with E-state index in [0.29, 0.717) is 10.7 Å². The van der Waals surface area contributed by atoms with E-state index in [0.717, 1.165) is 6.07 Å². The van der Waals surface area contributed by atoms with Gasteiger partial charge in [-0.2, -0.15) is 0 Å². The van der Waals surface area contributed by atoms with Crippen LogP contribution in [0.5, 0.6) is 0 Å². The third-order valence-corrected chi connectivity index (χ3v) is 4.38. The molecule has 8 heteroatoms. The van der Waals surface area contributed by atoms with Crippen molar-refractivity contribution in [2.45, 2.75) is 6.42 Å². The van der Waals surface area contributed by atoms with Crippen molar-refractivity contribution in [2.75, 3.05) is 11.4 Å². The van der Waals surface area contributed by atoms with Gasteiger partial charge in [0.1, 0.15) is 5.82 Å². The van der Waals surface area contributed by atoms with Gasteiger partial charge >= 0.3 is 0 Å². The van der Waals surface area contributed by atoms with Crippen LogP contribution in [0.2, 0.25) is 5.02 Å². The van der Waals surface area contributed by atoms with Crippen molar-refractivity contribution in [1.82, 2.24) is 10.9 Å². The summed E-state index contributed by atoms with van der Waals surface area (Å²) in [5.41, 5.74) is 4.75. The van der Waals surface area contributed by atoms with Gasteiger partial charge in [-0.05, 0) is 24.3 Å². The van der Waals surface area contributed by atoms with Crippen molar-refractivity contribution in [3.8, 4) is 0 Å². The monoisotopic (exact) mass is 375 g/mol. The molecule has 0 spiro atoms. The zero-order valence-corrected chi connectivity index (χ0v) is 14.3. The first-order valence-corrected chi connectivity index (χ1v) is 8.25. The molecule has 2 aromatic rings. The number of carbonyl (C=O) groups excluding carboxylic acids is 3. The van der Waals surface area contributed by atoms with Crippen molar-refractivity contribution in [3.63, 3.8) is 0 Å². The van der Waals surface area contributed by atoms with Gasteiger partial charge in [0.2, 0.25) is 11.8 Å². The van der Waals surface area contributed by atoms with E-state index >= 15 is 0 Å². The summed E-state index contributed by atoms with van der Waals surface area (Å²) in [6, 6.07) is 12.3. The molecule has 3 amide bonds. The lowest BCUT2D eigenvalue weighted by molar-refractivity contribution is -0.126. The standard InChI is InChI=1S/C18H15ClFN3O3/c19-13-6-2-4-8-15(13)23-10-11(9-16(23)24)17(25)21-22-18(26)12-5-1-3-7-14(12)20/h1-8,11H,9-10H2,(H,21,25)(H,22,26). The van der Waals surface area contributed by atoms with Gasteiger partial charge in [0.25, 0.3) is 5.91 Å². The second-order valence-corrected chi connectivity index (χ2v) is 6.19. The topological polar surface area (TPSA) is 78.5 Å². The predicted octanol–water partition coefficient (Wildman–Crippen LogP) is 2.29. The first kappa shape index (κ1) is 17.9. The van der Waals surface area contributed by atoms with Gasteiger partial charge in [0.15, 0.2) is 0 Å². The minimum atomic E-state index is -0.774. The Bertz CT molecular complexity index is 874. The number of para-hydroxylation sites is 1. The molecule has 2 N–H and O–H groups in total. The molecule has 0 radical (unpaired) electrons. The first-order chi connectivity index (χ1) is 12.5. The van der Waals surface area contributed by atoms with Crippen molar-refractivity contribution in [3.05, 3.63) is 64.9 Å². The molecule has 0 bridgehead atoms. The van der Waals surface area contributed by atoms with Crippen LogP contribution < -0.4 is 15.8 Å². The number of anilines is 1. The van der Waals surface area contributed by atoms with Crippen molar-refractivity contribution in [2.24, 2.45) is 5.92 Å². The van der Waals surface area contributed by atoms with E-state index in [1.807, 2.05) is 0 Å². The fourth-order valence-electron chi connectivity index (χ4n) is 2.72.